The molecule has 6 heteroatoms. The van der Waals surface area contributed by atoms with Gasteiger partial charge in [0.05, 0.1) is 15.9 Å². The number of methoxy groups -OCH3 is 1. The Balaban J connectivity index is 2.56. The Morgan fingerprint density at radius 2 is 2.15 bits per heavy atom. The Kier molecular flexibility index (Phi) is 5.24. The smallest absolute Gasteiger partial charge is 0.180 e. The van der Waals surface area contributed by atoms with Crippen LogP contribution < -0.4 is 5.32 Å². The van der Waals surface area contributed by atoms with Gasteiger partial charge in [0, 0.05) is 19.9 Å². The molecule has 2 rings (SSSR count). The molecular weight excluding hydrogens is 367 g/mol. The van der Waals surface area contributed by atoms with Crippen molar-refractivity contribution in [3.8, 4) is 11.5 Å². The van der Waals surface area contributed by atoms with E-state index in [1.807, 2.05) is 26.0 Å². The van der Waals surface area contributed by atoms with Gasteiger partial charge in [-0.2, -0.15) is 0 Å². The minimum absolute atomic E-state index is 0.456. The van der Waals surface area contributed by atoms with Crippen LogP contribution in [-0.4, -0.2) is 28.6 Å². The Labute approximate surface area is 132 Å². The lowest BCUT2D eigenvalue weighted by Crippen LogP contribution is -2.09. The number of ether oxygens (including phenoxy) is 1. The van der Waals surface area contributed by atoms with Crippen molar-refractivity contribution in [1.29, 1.82) is 0 Å². The van der Waals surface area contributed by atoms with E-state index in [2.05, 4.69) is 42.9 Å². The highest BCUT2D eigenvalue weighted by Gasteiger charge is 2.14. The van der Waals surface area contributed by atoms with E-state index < -0.39 is 0 Å². The summed E-state index contributed by atoms with van der Waals surface area (Å²) in [6.07, 6.45) is 1.76. The molecule has 0 radical (unpaired) electrons. The highest BCUT2D eigenvalue weighted by Crippen LogP contribution is 2.25. The second kappa shape index (κ2) is 6.94. The summed E-state index contributed by atoms with van der Waals surface area (Å²) in [7, 11) is 1.66. The third-order valence-electron chi connectivity index (χ3n) is 2.77. The number of nitrogens with zero attached hydrogens (tertiary/aromatic N) is 3. The number of rotatable bonds is 5. The number of hydrogen-bond donors (Lipinski definition) is 1. The van der Waals surface area contributed by atoms with Crippen LogP contribution in [0.15, 0.2) is 18.3 Å². The third-order valence-corrected chi connectivity index (χ3v) is 3.90. The van der Waals surface area contributed by atoms with Crippen LogP contribution in [0.3, 0.4) is 0 Å². The van der Waals surface area contributed by atoms with Crippen LogP contribution in [0.4, 0.5) is 5.82 Å². The van der Waals surface area contributed by atoms with Gasteiger partial charge in [0.15, 0.2) is 5.82 Å². The summed E-state index contributed by atoms with van der Waals surface area (Å²) >= 11 is 2.24. The lowest BCUT2D eigenvalue weighted by Gasteiger charge is -2.12. The Morgan fingerprint density at radius 1 is 1.35 bits per heavy atom. The molecule has 106 valence electrons. The molecule has 0 aliphatic heterocycles. The third kappa shape index (κ3) is 3.24. The number of pyridine rings is 1. The predicted molar refractivity (Wildman–Crippen MR) is 87.6 cm³/mol. The maximum atomic E-state index is 5.22. The molecule has 0 aliphatic carbocycles. The fourth-order valence-electron chi connectivity index (χ4n) is 1.84. The van der Waals surface area contributed by atoms with Crippen LogP contribution in [0.25, 0.3) is 11.5 Å². The topological polar surface area (TPSA) is 59.9 Å². The zero-order valence-corrected chi connectivity index (χ0v) is 13.9. The van der Waals surface area contributed by atoms with E-state index in [4.69, 9.17) is 4.74 Å². The molecule has 2 heterocycles. The average Bonchev–Trinajstić information content (AvgIpc) is 2.44. The van der Waals surface area contributed by atoms with Gasteiger partial charge in [0.1, 0.15) is 11.5 Å². The lowest BCUT2D eigenvalue weighted by atomic mass is 10.2. The summed E-state index contributed by atoms with van der Waals surface area (Å²) in [6.45, 7) is 5.31. The van der Waals surface area contributed by atoms with Crippen molar-refractivity contribution in [2.75, 3.05) is 19.0 Å². The molecular formula is C14H17IN4O. The van der Waals surface area contributed by atoms with Crippen LogP contribution in [-0.2, 0) is 11.3 Å². The molecule has 2 aromatic rings. The zero-order chi connectivity index (χ0) is 14.5. The molecule has 0 saturated heterocycles. The first-order valence-electron chi connectivity index (χ1n) is 6.38. The summed E-state index contributed by atoms with van der Waals surface area (Å²) in [6, 6.07) is 3.92. The van der Waals surface area contributed by atoms with Crippen molar-refractivity contribution in [2.45, 2.75) is 20.5 Å². The van der Waals surface area contributed by atoms with E-state index in [1.54, 1.807) is 13.3 Å². The van der Waals surface area contributed by atoms with Crippen molar-refractivity contribution in [2.24, 2.45) is 0 Å². The van der Waals surface area contributed by atoms with Gasteiger partial charge >= 0.3 is 0 Å². The Hall–Kier alpha value is -1.28. The summed E-state index contributed by atoms with van der Waals surface area (Å²) < 4.78 is 6.21. The zero-order valence-electron chi connectivity index (χ0n) is 11.8. The summed E-state index contributed by atoms with van der Waals surface area (Å²) in [5, 5.41) is 3.26. The predicted octanol–water partition coefficient (Wildman–Crippen LogP) is 3.03. The Bertz CT molecular complexity index is 576. The van der Waals surface area contributed by atoms with E-state index >= 15 is 0 Å². The number of nitrogens with one attached hydrogen (secondary N) is 1. The lowest BCUT2D eigenvalue weighted by molar-refractivity contribution is 0.181. The van der Waals surface area contributed by atoms with Gasteiger partial charge in [-0.3, -0.25) is 4.98 Å². The molecule has 2 aromatic heterocycles. The van der Waals surface area contributed by atoms with Gasteiger partial charge < -0.3 is 10.1 Å². The van der Waals surface area contributed by atoms with Crippen molar-refractivity contribution < 1.29 is 4.74 Å². The maximum absolute atomic E-state index is 5.22. The van der Waals surface area contributed by atoms with Crippen LogP contribution in [0.5, 0.6) is 0 Å². The van der Waals surface area contributed by atoms with E-state index in [9.17, 15) is 0 Å². The molecule has 0 saturated carbocycles. The van der Waals surface area contributed by atoms with Gasteiger partial charge in [-0.1, -0.05) is 6.07 Å². The first kappa shape index (κ1) is 15.1. The second-order valence-corrected chi connectivity index (χ2v) is 5.37. The monoisotopic (exact) mass is 384 g/mol. The van der Waals surface area contributed by atoms with Crippen LogP contribution in [0.1, 0.15) is 18.2 Å². The van der Waals surface area contributed by atoms with Crippen LogP contribution in [0, 0.1) is 10.5 Å². The first-order valence-corrected chi connectivity index (χ1v) is 7.46. The maximum Gasteiger partial charge on any atom is 0.180 e. The molecule has 0 aromatic carbocycles. The van der Waals surface area contributed by atoms with Crippen molar-refractivity contribution >= 4 is 28.4 Å². The molecule has 0 fully saturated rings. The van der Waals surface area contributed by atoms with E-state index in [-0.39, 0.29) is 0 Å². The standard InChI is InChI=1S/C14H17IN4O/c1-4-16-13-11(15)10(8-20-3)18-14(19-13)12-9(2)6-5-7-17-12/h5-7H,4,8H2,1-3H3,(H,16,18,19). The van der Waals surface area contributed by atoms with E-state index in [0.29, 0.717) is 12.4 Å². The van der Waals surface area contributed by atoms with Gasteiger partial charge in [-0.05, 0) is 48.1 Å². The fourth-order valence-corrected chi connectivity index (χ4v) is 2.42. The Morgan fingerprint density at radius 3 is 2.80 bits per heavy atom. The molecule has 0 spiro atoms. The van der Waals surface area contributed by atoms with Crippen LogP contribution >= 0.6 is 22.6 Å². The SMILES string of the molecule is CCNc1nc(-c2ncccc2C)nc(COC)c1I. The van der Waals surface area contributed by atoms with Gasteiger partial charge in [0.25, 0.3) is 0 Å². The van der Waals surface area contributed by atoms with Crippen LogP contribution in [0.2, 0.25) is 0 Å². The number of halogens is 1. The molecule has 20 heavy (non-hydrogen) atoms. The van der Waals surface area contributed by atoms with Gasteiger partial charge in [-0.25, -0.2) is 9.97 Å². The van der Waals surface area contributed by atoms with Crippen molar-refractivity contribution in [3.63, 3.8) is 0 Å². The number of aromatic nitrogens is 3. The molecule has 0 atom stereocenters. The second-order valence-electron chi connectivity index (χ2n) is 4.29. The fraction of sp³-hybridized carbons (Fsp3) is 0.357. The molecule has 0 unspecified atom stereocenters. The molecule has 0 bridgehead atoms. The summed E-state index contributed by atoms with van der Waals surface area (Å²) in [4.78, 5) is 13.6. The minimum Gasteiger partial charge on any atom is -0.378 e. The molecule has 5 nitrogen and oxygen atoms in total. The van der Waals surface area contributed by atoms with E-state index in [1.165, 1.54) is 0 Å². The van der Waals surface area contributed by atoms with Gasteiger partial charge in [-0.15, -0.1) is 0 Å². The summed E-state index contributed by atoms with van der Waals surface area (Å²) in [5.41, 5.74) is 2.74. The normalized spacial score (nSPS) is 10.6. The highest BCUT2D eigenvalue weighted by atomic mass is 127. The minimum atomic E-state index is 0.456. The van der Waals surface area contributed by atoms with Gasteiger partial charge in [0.2, 0.25) is 0 Å². The average molecular weight is 384 g/mol. The molecule has 0 aliphatic rings. The number of aryl methyl sites for hydroxylation is 1. The number of hydrogen-bond acceptors (Lipinski definition) is 5. The van der Waals surface area contributed by atoms with Crippen molar-refractivity contribution in [1.82, 2.24) is 15.0 Å². The first-order chi connectivity index (χ1) is 9.67. The largest absolute Gasteiger partial charge is 0.378 e. The molecule has 0 amide bonds. The highest BCUT2D eigenvalue weighted by molar-refractivity contribution is 14.1. The number of anilines is 1. The van der Waals surface area contributed by atoms with E-state index in [0.717, 1.165) is 32.9 Å². The summed E-state index contributed by atoms with van der Waals surface area (Å²) in [5.74, 6) is 1.46. The van der Waals surface area contributed by atoms with Crippen molar-refractivity contribution in [3.05, 3.63) is 33.2 Å². The quantitative estimate of drug-likeness (QED) is 0.804. The molecule has 1 N–H and O–H groups in total.